The Hall–Kier alpha value is -2.28. The molecule has 0 spiro atoms. The summed E-state index contributed by atoms with van der Waals surface area (Å²) < 4.78 is 15.6. The Morgan fingerprint density at radius 2 is 2.13 bits per heavy atom. The van der Waals surface area contributed by atoms with Gasteiger partial charge in [0.25, 0.3) is 5.91 Å². The predicted molar refractivity (Wildman–Crippen MR) is 85.5 cm³/mol. The second-order valence-electron chi connectivity index (χ2n) is 5.44. The lowest BCUT2D eigenvalue weighted by Gasteiger charge is -2.14. The number of nitrogens with zero attached hydrogens (tertiary/aromatic N) is 4. The molecule has 7 heteroatoms. The van der Waals surface area contributed by atoms with E-state index in [0.29, 0.717) is 30.7 Å². The predicted octanol–water partition coefficient (Wildman–Crippen LogP) is 2.83. The van der Waals surface area contributed by atoms with Gasteiger partial charge < -0.3 is 9.30 Å². The average Bonchev–Trinajstić information content (AvgIpc) is 3.06. The van der Waals surface area contributed by atoms with E-state index in [9.17, 15) is 9.18 Å². The van der Waals surface area contributed by atoms with Crippen LogP contribution in [0.3, 0.4) is 0 Å². The van der Waals surface area contributed by atoms with Crippen LogP contribution in [-0.4, -0.2) is 31.7 Å². The lowest BCUT2D eigenvalue weighted by molar-refractivity contribution is 0.0779. The van der Waals surface area contributed by atoms with Crippen LogP contribution < -0.4 is 0 Å². The number of amides is 1. The quantitative estimate of drug-likeness (QED) is 0.708. The highest BCUT2D eigenvalue weighted by atomic mass is 79.9. The second kappa shape index (κ2) is 5.42. The van der Waals surface area contributed by atoms with Crippen molar-refractivity contribution >= 4 is 27.5 Å². The fraction of sp³-hybridized carbons (Fsp3) is 0.188. The van der Waals surface area contributed by atoms with Gasteiger partial charge in [-0.3, -0.25) is 9.78 Å². The third-order valence-electron chi connectivity index (χ3n) is 3.92. The van der Waals surface area contributed by atoms with Crippen LogP contribution in [0.5, 0.6) is 0 Å². The van der Waals surface area contributed by atoms with Crippen LogP contribution in [-0.2, 0) is 13.0 Å². The number of pyridine rings is 2. The molecule has 1 aliphatic rings. The van der Waals surface area contributed by atoms with Gasteiger partial charge in [-0.2, -0.15) is 0 Å². The van der Waals surface area contributed by atoms with Crippen molar-refractivity contribution in [1.29, 1.82) is 0 Å². The Labute approximate surface area is 139 Å². The van der Waals surface area contributed by atoms with Crippen LogP contribution >= 0.6 is 15.9 Å². The van der Waals surface area contributed by atoms with Gasteiger partial charge >= 0.3 is 0 Å². The van der Waals surface area contributed by atoms with E-state index in [2.05, 4.69) is 25.9 Å². The summed E-state index contributed by atoms with van der Waals surface area (Å²) in [4.78, 5) is 22.9. The number of hydrogen-bond donors (Lipinski definition) is 0. The highest BCUT2D eigenvalue weighted by molar-refractivity contribution is 9.10. The van der Waals surface area contributed by atoms with Gasteiger partial charge in [0.1, 0.15) is 11.5 Å². The number of hydrogen-bond acceptors (Lipinski definition) is 3. The average molecular weight is 375 g/mol. The van der Waals surface area contributed by atoms with Crippen LogP contribution in [0, 0.1) is 5.82 Å². The molecule has 0 N–H and O–H groups in total. The van der Waals surface area contributed by atoms with E-state index in [1.807, 2.05) is 0 Å². The molecule has 0 saturated heterocycles. The Kier molecular flexibility index (Phi) is 3.37. The van der Waals surface area contributed by atoms with Crippen LogP contribution in [0.4, 0.5) is 4.39 Å². The van der Waals surface area contributed by atoms with Crippen LogP contribution in [0.25, 0.3) is 5.65 Å². The van der Waals surface area contributed by atoms with Crippen LogP contribution in [0.2, 0.25) is 0 Å². The normalized spacial score (nSPS) is 13.8. The number of fused-ring (bicyclic) bond motifs is 2. The van der Waals surface area contributed by atoms with E-state index in [4.69, 9.17) is 0 Å². The summed E-state index contributed by atoms with van der Waals surface area (Å²) in [6.07, 6.45) is 5.49. The fourth-order valence-electron chi connectivity index (χ4n) is 2.80. The zero-order chi connectivity index (χ0) is 16.0. The first kappa shape index (κ1) is 14.3. The number of imidazole rings is 1. The number of halogens is 2. The van der Waals surface area contributed by atoms with E-state index < -0.39 is 0 Å². The highest BCUT2D eigenvalue weighted by Crippen LogP contribution is 2.27. The number of carbonyl (C=O) groups is 1. The zero-order valence-corrected chi connectivity index (χ0v) is 13.6. The minimum absolute atomic E-state index is 0.0187. The number of rotatable bonds is 3. The molecule has 1 aliphatic heterocycles. The molecule has 0 radical (unpaired) electrons. The largest absolute Gasteiger partial charge is 0.332 e. The van der Waals surface area contributed by atoms with Crippen LogP contribution in [0.1, 0.15) is 21.7 Å². The topological polar surface area (TPSA) is 50.5 Å². The molecule has 1 amide bonds. The monoisotopic (exact) mass is 374 g/mol. The molecular weight excluding hydrogens is 363 g/mol. The summed E-state index contributed by atoms with van der Waals surface area (Å²) in [7, 11) is 0. The summed E-state index contributed by atoms with van der Waals surface area (Å²) in [6, 6.07) is 4.80. The summed E-state index contributed by atoms with van der Waals surface area (Å²) >= 11 is 3.40. The fourth-order valence-corrected chi connectivity index (χ4v) is 3.32. The molecule has 0 unspecified atom stereocenters. The molecular formula is C16H12BrFN4O. The van der Waals surface area contributed by atoms with Gasteiger partial charge in [0.2, 0.25) is 0 Å². The molecule has 0 saturated carbocycles. The Morgan fingerprint density at radius 1 is 1.26 bits per heavy atom. The summed E-state index contributed by atoms with van der Waals surface area (Å²) in [5.74, 6) is -0.322. The summed E-state index contributed by atoms with van der Waals surface area (Å²) in [5.41, 5.74) is 2.96. The first-order valence-corrected chi connectivity index (χ1v) is 7.97. The van der Waals surface area contributed by atoms with Crippen molar-refractivity contribution in [1.82, 2.24) is 19.3 Å². The van der Waals surface area contributed by atoms with Crippen molar-refractivity contribution in [2.24, 2.45) is 0 Å². The summed E-state index contributed by atoms with van der Waals surface area (Å²) in [5, 5.41) is 0. The van der Waals surface area contributed by atoms with Crippen molar-refractivity contribution in [2.75, 3.05) is 6.54 Å². The van der Waals surface area contributed by atoms with Gasteiger partial charge in [0, 0.05) is 36.0 Å². The van der Waals surface area contributed by atoms with Gasteiger partial charge in [0.05, 0.1) is 23.5 Å². The standard InChI is InChI=1S/C16H12BrFN4O/c17-12-3-5-19-13-9-21(16(23)15(12)13)6-4-11-8-22-7-10(18)1-2-14(22)20-11/h1-3,5,7-8H,4,6,9H2. The van der Waals surface area contributed by atoms with Crippen molar-refractivity contribution in [2.45, 2.75) is 13.0 Å². The number of carbonyl (C=O) groups excluding carboxylic acids is 1. The van der Waals surface area contributed by atoms with Gasteiger partial charge in [-0.1, -0.05) is 0 Å². The van der Waals surface area contributed by atoms with E-state index in [-0.39, 0.29) is 11.7 Å². The summed E-state index contributed by atoms with van der Waals surface area (Å²) in [6.45, 7) is 1.06. The molecule has 3 aromatic rings. The maximum Gasteiger partial charge on any atom is 0.257 e. The highest BCUT2D eigenvalue weighted by Gasteiger charge is 2.30. The van der Waals surface area contributed by atoms with Crippen molar-refractivity contribution in [3.63, 3.8) is 0 Å². The third-order valence-corrected chi connectivity index (χ3v) is 4.58. The maximum atomic E-state index is 13.2. The molecule has 0 bridgehead atoms. The minimum atomic E-state index is -0.303. The molecule has 4 heterocycles. The maximum absolute atomic E-state index is 13.2. The van der Waals surface area contributed by atoms with Gasteiger partial charge in [0.15, 0.2) is 0 Å². The molecule has 23 heavy (non-hydrogen) atoms. The Balaban J connectivity index is 1.51. The molecule has 3 aromatic heterocycles. The van der Waals surface area contributed by atoms with Crippen molar-refractivity contribution in [3.05, 3.63) is 64.0 Å². The Morgan fingerprint density at radius 3 is 2.96 bits per heavy atom. The lowest BCUT2D eigenvalue weighted by atomic mass is 10.2. The molecule has 0 atom stereocenters. The zero-order valence-electron chi connectivity index (χ0n) is 12.0. The first-order chi connectivity index (χ1) is 11.1. The second-order valence-corrected chi connectivity index (χ2v) is 6.29. The third kappa shape index (κ3) is 2.50. The smallest absolute Gasteiger partial charge is 0.257 e. The van der Waals surface area contributed by atoms with Crippen molar-refractivity contribution < 1.29 is 9.18 Å². The van der Waals surface area contributed by atoms with Crippen LogP contribution in [0.15, 0.2) is 41.3 Å². The number of aromatic nitrogens is 3. The molecule has 116 valence electrons. The first-order valence-electron chi connectivity index (χ1n) is 7.17. The van der Waals surface area contributed by atoms with E-state index >= 15 is 0 Å². The molecule has 0 aromatic carbocycles. The Bertz CT molecular complexity index is 924. The molecule has 5 nitrogen and oxygen atoms in total. The molecule has 0 fully saturated rings. The minimum Gasteiger partial charge on any atom is -0.332 e. The van der Waals surface area contributed by atoms with Gasteiger partial charge in [-0.05, 0) is 34.1 Å². The molecule has 4 rings (SSSR count). The van der Waals surface area contributed by atoms with Gasteiger partial charge in [-0.15, -0.1) is 0 Å². The lowest BCUT2D eigenvalue weighted by Crippen LogP contribution is -2.26. The van der Waals surface area contributed by atoms with E-state index in [1.165, 1.54) is 12.3 Å². The van der Waals surface area contributed by atoms with E-state index in [1.54, 1.807) is 33.8 Å². The molecule has 0 aliphatic carbocycles. The van der Waals surface area contributed by atoms with Gasteiger partial charge in [-0.25, -0.2) is 9.37 Å². The SMILES string of the molecule is O=C1c2c(Br)ccnc2CN1CCc1cn2cc(F)ccc2n1. The van der Waals surface area contributed by atoms with Crippen molar-refractivity contribution in [3.8, 4) is 0 Å². The van der Waals surface area contributed by atoms with E-state index in [0.717, 1.165) is 15.9 Å².